The molecule has 1 atom stereocenters. The number of guanidine groups is 1. The van der Waals surface area contributed by atoms with Gasteiger partial charge < -0.3 is 14.7 Å². The van der Waals surface area contributed by atoms with E-state index >= 15 is 0 Å². The van der Waals surface area contributed by atoms with Crippen LogP contribution >= 0.6 is 0 Å². The van der Waals surface area contributed by atoms with Crippen LogP contribution < -0.4 is 4.90 Å². The molecule has 1 unspecified atom stereocenters. The zero-order chi connectivity index (χ0) is 23.5. The summed E-state index contributed by atoms with van der Waals surface area (Å²) in [5.41, 5.74) is 4.09. The molecule has 0 aliphatic carbocycles. The first-order valence-corrected chi connectivity index (χ1v) is 11.9. The number of anilines is 1. The van der Waals surface area contributed by atoms with Gasteiger partial charge in [0.2, 0.25) is 11.9 Å². The van der Waals surface area contributed by atoms with E-state index in [0.29, 0.717) is 6.54 Å². The van der Waals surface area contributed by atoms with Crippen LogP contribution in [0.25, 0.3) is 0 Å². The van der Waals surface area contributed by atoms with Crippen molar-refractivity contribution in [3.05, 3.63) is 96.1 Å². The van der Waals surface area contributed by atoms with Crippen molar-refractivity contribution in [2.75, 3.05) is 38.1 Å². The summed E-state index contributed by atoms with van der Waals surface area (Å²) in [4.78, 5) is 27.3. The highest BCUT2D eigenvalue weighted by atomic mass is 16.2. The van der Waals surface area contributed by atoms with Crippen molar-refractivity contribution in [1.29, 1.82) is 0 Å². The molecule has 1 saturated heterocycles. The molecule has 3 aromatic carbocycles. The predicted octanol–water partition coefficient (Wildman–Crippen LogP) is 4.49. The Labute approximate surface area is 201 Å². The van der Waals surface area contributed by atoms with E-state index in [1.165, 1.54) is 0 Å². The average molecular weight is 454 g/mol. The van der Waals surface area contributed by atoms with Gasteiger partial charge in [0, 0.05) is 50.9 Å². The monoisotopic (exact) mass is 453 g/mol. The molecule has 2 aliphatic heterocycles. The van der Waals surface area contributed by atoms with Gasteiger partial charge in [-0.25, -0.2) is 4.99 Å². The molecule has 2 aliphatic rings. The molecular weight excluding hydrogens is 422 g/mol. The molecule has 1 amide bonds. The smallest absolute Gasteiger partial charge is 0.221 e. The largest absolute Gasteiger partial charge is 0.340 e. The highest BCUT2D eigenvalue weighted by Crippen LogP contribution is 2.41. The molecule has 174 valence electrons. The van der Waals surface area contributed by atoms with Gasteiger partial charge in [-0.2, -0.15) is 0 Å². The van der Waals surface area contributed by atoms with Gasteiger partial charge in [0.25, 0.3) is 0 Å². The summed E-state index contributed by atoms with van der Waals surface area (Å²) in [6.07, 6.45) is -0.302. The van der Waals surface area contributed by atoms with Crippen LogP contribution in [0.5, 0.6) is 0 Å². The van der Waals surface area contributed by atoms with Crippen molar-refractivity contribution >= 4 is 23.2 Å². The van der Waals surface area contributed by atoms with Gasteiger partial charge in [-0.1, -0.05) is 66.7 Å². The van der Waals surface area contributed by atoms with Crippen molar-refractivity contribution in [3.8, 4) is 0 Å². The SMILES string of the molecule is CC(=O)N(Cc1ccccc1)C1c2ccccc2N=C(N2CCN(C)CC2)N1c1ccccc1. The van der Waals surface area contributed by atoms with Crippen LogP contribution in [0.15, 0.2) is 89.9 Å². The van der Waals surface area contributed by atoms with Crippen molar-refractivity contribution in [2.45, 2.75) is 19.6 Å². The van der Waals surface area contributed by atoms with E-state index in [0.717, 1.165) is 54.6 Å². The van der Waals surface area contributed by atoms with E-state index in [1.54, 1.807) is 6.92 Å². The number of hydrogen-bond donors (Lipinski definition) is 0. The van der Waals surface area contributed by atoms with Gasteiger partial charge >= 0.3 is 0 Å². The van der Waals surface area contributed by atoms with Crippen molar-refractivity contribution in [2.24, 2.45) is 4.99 Å². The number of carbonyl (C=O) groups excluding carboxylic acids is 1. The fraction of sp³-hybridized carbons (Fsp3) is 0.286. The Morgan fingerprint density at radius 1 is 0.882 bits per heavy atom. The summed E-state index contributed by atoms with van der Waals surface area (Å²) in [5.74, 6) is 0.937. The Morgan fingerprint density at radius 3 is 2.18 bits per heavy atom. The number of aliphatic imine (C=N–C) groups is 1. The summed E-state index contributed by atoms with van der Waals surface area (Å²) in [6, 6.07) is 28.7. The molecule has 0 spiro atoms. The minimum atomic E-state index is -0.302. The first-order chi connectivity index (χ1) is 16.6. The number of benzene rings is 3. The van der Waals surface area contributed by atoms with E-state index < -0.39 is 0 Å². The molecule has 34 heavy (non-hydrogen) atoms. The second-order valence-electron chi connectivity index (χ2n) is 8.97. The molecule has 0 bridgehead atoms. The van der Waals surface area contributed by atoms with Gasteiger partial charge in [0.1, 0.15) is 6.17 Å². The molecule has 1 fully saturated rings. The molecule has 3 aromatic rings. The van der Waals surface area contributed by atoms with Gasteiger partial charge in [0.05, 0.1) is 5.69 Å². The summed E-state index contributed by atoms with van der Waals surface area (Å²) in [7, 11) is 2.16. The van der Waals surface area contributed by atoms with Crippen molar-refractivity contribution in [3.63, 3.8) is 0 Å². The minimum Gasteiger partial charge on any atom is -0.340 e. The van der Waals surface area contributed by atoms with Gasteiger partial charge in [-0.05, 0) is 30.8 Å². The van der Waals surface area contributed by atoms with Crippen molar-refractivity contribution in [1.82, 2.24) is 14.7 Å². The van der Waals surface area contributed by atoms with Crippen LogP contribution in [0.2, 0.25) is 0 Å². The number of likely N-dealkylation sites (N-methyl/N-ethyl adjacent to an activating group) is 1. The predicted molar refractivity (Wildman–Crippen MR) is 137 cm³/mol. The maximum absolute atomic E-state index is 13.2. The number of rotatable bonds is 4. The Hall–Kier alpha value is -3.64. The number of hydrogen-bond acceptors (Lipinski definition) is 5. The molecule has 2 heterocycles. The molecule has 0 saturated carbocycles. The molecular formula is C28H31N5O. The topological polar surface area (TPSA) is 42.4 Å². The first kappa shape index (κ1) is 22.2. The highest BCUT2D eigenvalue weighted by molar-refractivity contribution is 6.01. The van der Waals surface area contributed by atoms with Crippen LogP contribution in [0.4, 0.5) is 11.4 Å². The summed E-state index contributed by atoms with van der Waals surface area (Å²) >= 11 is 0. The number of amides is 1. The number of para-hydroxylation sites is 2. The summed E-state index contributed by atoms with van der Waals surface area (Å²) in [5, 5.41) is 0. The molecule has 6 heteroatoms. The zero-order valence-corrected chi connectivity index (χ0v) is 19.8. The Morgan fingerprint density at radius 2 is 1.50 bits per heavy atom. The Kier molecular flexibility index (Phi) is 6.32. The fourth-order valence-corrected chi connectivity index (χ4v) is 4.75. The van der Waals surface area contributed by atoms with Crippen LogP contribution in [0.3, 0.4) is 0 Å². The minimum absolute atomic E-state index is 0.0317. The standard InChI is InChI=1S/C28H31N5O/c1-22(34)32(21-23-11-5-3-6-12-23)27-25-15-9-10-16-26(25)29-28(31-19-17-30(2)18-20-31)33(27)24-13-7-4-8-14-24/h3-16,27H,17-21H2,1-2H3. The zero-order valence-electron chi connectivity index (χ0n) is 19.8. The number of fused-ring (bicyclic) bond motifs is 1. The van der Waals surface area contributed by atoms with E-state index in [-0.39, 0.29) is 12.1 Å². The van der Waals surface area contributed by atoms with E-state index in [1.807, 2.05) is 53.4 Å². The molecule has 5 rings (SSSR count). The lowest BCUT2D eigenvalue weighted by Crippen LogP contribution is -2.57. The van der Waals surface area contributed by atoms with E-state index in [9.17, 15) is 4.79 Å². The second-order valence-corrected chi connectivity index (χ2v) is 8.97. The lowest BCUT2D eigenvalue weighted by atomic mass is 10.0. The van der Waals surface area contributed by atoms with Crippen molar-refractivity contribution < 1.29 is 4.79 Å². The number of piperazine rings is 1. The van der Waals surface area contributed by atoms with Crippen LogP contribution in [-0.4, -0.2) is 59.8 Å². The third kappa shape index (κ3) is 4.41. The van der Waals surface area contributed by atoms with Crippen LogP contribution in [0.1, 0.15) is 24.2 Å². The fourth-order valence-electron chi connectivity index (χ4n) is 4.75. The third-order valence-electron chi connectivity index (χ3n) is 6.61. The lowest BCUT2D eigenvalue weighted by molar-refractivity contribution is -0.131. The lowest BCUT2D eigenvalue weighted by Gasteiger charge is -2.47. The third-order valence-corrected chi connectivity index (χ3v) is 6.61. The first-order valence-electron chi connectivity index (χ1n) is 11.9. The molecule has 0 aromatic heterocycles. The summed E-state index contributed by atoms with van der Waals surface area (Å²) in [6.45, 7) is 5.94. The molecule has 0 radical (unpaired) electrons. The normalized spacial score (nSPS) is 18.3. The molecule has 6 nitrogen and oxygen atoms in total. The van der Waals surface area contributed by atoms with E-state index in [4.69, 9.17) is 4.99 Å². The Balaban J connectivity index is 1.65. The maximum atomic E-state index is 13.2. The summed E-state index contributed by atoms with van der Waals surface area (Å²) < 4.78 is 0. The van der Waals surface area contributed by atoms with Crippen LogP contribution in [-0.2, 0) is 11.3 Å². The second kappa shape index (κ2) is 9.69. The van der Waals surface area contributed by atoms with Gasteiger partial charge in [0.15, 0.2) is 0 Å². The quantitative estimate of drug-likeness (QED) is 0.584. The van der Waals surface area contributed by atoms with E-state index in [2.05, 4.69) is 58.1 Å². The average Bonchev–Trinajstić information content (AvgIpc) is 2.88. The van der Waals surface area contributed by atoms with Gasteiger partial charge in [-0.3, -0.25) is 9.69 Å². The highest BCUT2D eigenvalue weighted by Gasteiger charge is 2.39. The van der Waals surface area contributed by atoms with Gasteiger partial charge in [-0.15, -0.1) is 0 Å². The number of carbonyl (C=O) groups is 1. The molecule has 0 N–H and O–H groups in total. The number of nitrogens with zero attached hydrogens (tertiary/aromatic N) is 5. The Bertz CT molecular complexity index is 1160. The van der Waals surface area contributed by atoms with Crippen LogP contribution in [0, 0.1) is 0 Å². The maximum Gasteiger partial charge on any atom is 0.221 e.